The Bertz CT molecular complexity index is 338. The van der Waals surface area contributed by atoms with E-state index >= 15 is 0 Å². The summed E-state index contributed by atoms with van der Waals surface area (Å²) < 4.78 is 12.7. The predicted molar refractivity (Wildman–Crippen MR) is 67.3 cm³/mol. The Kier molecular flexibility index (Phi) is 5.19. The Labute approximate surface area is 94.9 Å². The van der Waals surface area contributed by atoms with Gasteiger partial charge in [-0.1, -0.05) is 25.1 Å². The lowest BCUT2D eigenvalue weighted by molar-refractivity contribution is 0.627. The Morgan fingerprint density at radius 1 is 1.40 bits per heavy atom. The quantitative estimate of drug-likeness (QED) is 0.661. The highest BCUT2D eigenvalue weighted by Gasteiger charge is 1.99. The fourth-order valence-electron chi connectivity index (χ4n) is 1.24. The van der Waals surface area contributed by atoms with Gasteiger partial charge in [0.25, 0.3) is 0 Å². The second kappa shape index (κ2) is 6.46. The summed E-state index contributed by atoms with van der Waals surface area (Å²) in [7, 11) is 0. The Morgan fingerprint density at radius 2 is 2.07 bits per heavy atom. The summed E-state index contributed by atoms with van der Waals surface area (Å²) in [5.74, 6) is 0.849. The van der Waals surface area contributed by atoms with E-state index in [-0.39, 0.29) is 5.82 Å². The highest BCUT2D eigenvalue weighted by molar-refractivity contribution is 8.02. The molecule has 0 aliphatic heterocycles. The number of hydrogen-bond donors (Lipinski definition) is 0. The van der Waals surface area contributed by atoms with Crippen LogP contribution in [0.15, 0.2) is 42.3 Å². The molecule has 0 aromatic heterocycles. The molecule has 0 N–H and O–H groups in total. The minimum atomic E-state index is -0.195. The zero-order chi connectivity index (χ0) is 11.1. The molecule has 0 saturated carbocycles. The molecule has 0 unspecified atom stereocenters. The molecule has 0 radical (unpaired) electrons. The van der Waals surface area contributed by atoms with Crippen molar-refractivity contribution in [2.75, 3.05) is 5.75 Å². The monoisotopic (exact) mass is 222 g/mol. The molecule has 80 valence electrons. The van der Waals surface area contributed by atoms with Crippen LogP contribution in [0, 0.1) is 5.82 Å². The van der Waals surface area contributed by atoms with Crippen molar-refractivity contribution in [3.05, 3.63) is 53.7 Å². The SMILES string of the molecule is C=CC/C(=C/SCC)c1ccc(F)cc1. The third-order valence-corrected chi connectivity index (χ3v) is 2.76. The molecule has 0 spiro atoms. The van der Waals surface area contributed by atoms with E-state index in [1.54, 1.807) is 23.9 Å². The van der Waals surface area contributed by atoms with E-state index in [2.05, 4.69) is 18.9 Å². The van der Waals surface area contributed by atoms with Gasteiger partial charge in [0, 0.05) is 0 Å². The van der Waals surface area contributed by atoms with Crippen LogP contribution in [0.3, 0.4) is 0 Å². The summed E-state index contributed by atoms with van der Waals surface area (Å²) in [6.45, 7) is 5.84. The number of benzene rings is 1. The van der Waals surface area contributed by atoms with Crippen LogP contribution < -0.4 is 0 Å². The lowest BCUT2D eigenvalue weighted by atomic mass is 10.1. The van der Waals surface area contributed by atoms with Gasteiger partial charge in [-0.25, -0.2) is 4.39 Å². The van der Waals surface area contributed by atoms with E-state index < -0.39 is 0 Å². The van der Waals surface area contributed by atoms with Crippen LogP contribution in [0.2, 0.25) is 0 Å². The van der Waals surface area contributed by atoms with Gasteiger partial charge in [-0.15, -0.1) is 18.3 Å². The first-order chi connectivity index (χ1) is 7.27. The van der Waals surface area contributed by atoms with Gasteiger partial charge in [-0.3, -0.25) is 0 Å². The average Bonchev–Trinajstić information content (AvgIpc) is 2.25. The minimum absolute atomic E-state index is 0.195. The van der Waals surface area contributed by atoms with Crippen LogP contribution >= 0.6 is 11.8 Å². The van der Waals surface area contributed by atoms with Crippen molar-refractivity contribution in [1.29, 1.82) is 0 Å². The zero-order valence-corrected chi connectivity index (χ0v) is 9.69. The van der Waals surface area contributed by atoms with Gasteiger partial charge in [0.05, 0.1) is 0 Å². The summed E-state index contributed by atoms with van der Waals surface area (Å²) in [6.07, 6.45) is 2.68. The molecule has 0 aliphatic carbocycles. The summed E-state index contributed by atoms with van der Waals surface area (Å²) >= 11 is 1.75. The maximum absolute atomic E-state index is 12.7. The standard InChI is InChI=1S/C13H15FS/c1-3-5-12(10-15-4-2)11-6-8-13(14)9-7-11/h3,6-10H,1,4-5H2,2H3/b12-10-. The van der Waals surface area contributed by atoms with Crippen molar-refractivity contribution in [3.8, 4) is 0 Å². The van der Waals surface area contributed by atoms with Crippen LogP contribution in [0.1, 0.15) is 18.9 Å². The van der Waals surface area contributed by atoms with Crippen LogP contribution in [-0.4, -0.2) is 5.75 Å². The van der Waals surface area contributed by atoms with Crippen LogP contribution in [0.25, 0.3) is 5.57 Å². The Hall–Kier alpha value is -1.02. The summed E-state index contributed by atoms with van der Waals surface area (Å²) in [4.78, 5) is 0. The molecule has 15 heavy (non-hydrogen) atoms. The van der Waals surface area contributed by atoms with Crippen molar-refractivity contribution < 1.29 is 4.39 Å². The van der Waals surface area contributed by atoms with Crippen LogP contribution in [-0.2, 0) is 0 Å². The molecular weight excluding hydrogens is 207 g/mol. The van der Waals surface area contributed by atoms with Gasteiger partial charge in [0.15, 0.2) is 0 Å². The summed E-state index contributed by atoms with van der Waals surface area (Å²) in [6, 6.07) is 6.59. The maximum atomic E-state index is 12.7. The third kappa shape index (κ3) is 3.92. The smallest absolute Gasteiger partial charge is 0.123 e. The maximum Gasteiger partial charge on any atom is 0.123 e. The lowest BCUT2D eigenvalue weighted by Crippen LogP contribution is -1.83. The highest BCUT2D eigenvalue weighted by atomic mass is 32.2. The van der Waals surface area contributed by atoms with E-state index in [4.69, 9.17) is 0 Å². The zero-order valence-electron chi connectivity index (χ0n) is 8.87. The van der Waals surface area contributed by atoms with Crippen molar-refractivity contribution >= 4 is 17.3 Å². The van der Waals surface area contributed by atoms with Gasteiger partial charge < -0.3 is 0 Å². The average molecular weight is 222 g/mol. The number of hydrogen-bond acceptors (Lipinski definition) is 1. The summed E-state index contributed by atoms with van der Waals surface area (Å²) in [5, 5.41) is 2.12. The van der Waals surface area contributed by atoms with Crippen LogP contribution in [0.4, 0.5) is 4.39 Å². The summed E-state index contributed by atoms with van der Waals surface area (Å²) in [5.41, 5.74) is 2.26. The van der Waals surface area contributed by atoms with Crippen molar-refractivity contribution in [2.24, 2.45) is 0 Å². The van der Waals surface area contributed by atoms with E-state index in [1.165, 1.54) is 17.7 Å². The minimum Gasteiger partial charge on any atom is -0.207 e. The molecule has 2 heteroatoms. The molecule has 0 atom stereocenters. The molecule has 1 aromatic carbocycles. The second-order valence-electron chi connectivity index (χ2n) is 3.10. The first kappa shape index (κ1) is 12.1. The normalized spacial score (nSPS) is 11.5. The first-order valence-electron chi connectivity index (χ1n) is 4.95. The molecule has 0 fully saturated rings. The highest BCUT2D eigenvalue weighted by Crippen LogP contribution is 2.22. The van der Waals surface area contributed by atoms with Gasteiger partial charge >= 0.3 is 0 Å². The van der Waals surface area contributed by atoms with Gasteiger partial charge in [-0.2, -0.15) is 0 Å². The predicted octanol–water partition coefficient (Wildman–Crippen LogP) is 4.50. The van der Waals surface area contributed by atoms with Gasteiger partial charge in [-0.05, 0) is 40.9 Å². The number of halogens is 1. The molecule has 1 rings (SSSR count). The Balaban J connectivity index is 2.88. The molecule has 0 nitrogen and oxygen atoms in total. The van der Waals surface area contributed by atoms with E-state index in [9.17, 15) is 4.39 Å². The van der Waals surface area contributed by atoms with Gasteiger partial charge in [0.2, 0.25) is 0 Å². The Morgan fingerprint density at radius 3 is 2.60 bits per heavy atom. The fraction of sp³-hybridized carbons (Fsp3) is 0.231. The van der Waals surface area contributed by atoms with Gasteiger partial charge in [0.1, 0.15) is 5.82 Å². The topological polar surface area (TPSA) is 0 Å². The third-order valence-electron chi connectivity index (χ3n) is 1.97. The molecule has 0 amide bonds. The number of thioether (sulfide) groups is 1. The fourth-order valence-corrected chi connectivity index (χ4v) is 1.84. The van der Waals surface area contributed by atoms with Crippen LogP contribution in [0.5, 0.6) is 0 Å². The molecule has 0 saturated heterocycles. The second-order valence-corrected chi connectivity index (χ2v) is 4.24. The van der Waals surface area contributed by atoms with Crippen molar-refractivity contribution in [3.63, 3.8) is 0 Å². The first-order valence-corrected chi connectivity index (χ1v) is 6.00. The number of rotatable bonds is 5. The van der Waals surface area contributed by atoms with Crippen molar-refractivity contribution in [2.45, 2.75) is 13.3 Å². The molecule has 0 heterocycles. The largest absolute Gasteiger partial charge is 0.207 e. The molecular formula is C13H15FS. The van der Waals surface area contributed by atoms with Crippen molar-refractivity contribution in [1.82, 2.24) is 0 Å². The number of allylic oxidation sites excluding steroid dienone is 2. The van der Waals surface area contributed by atoms with E-state index in [0.29, 0.717) is 0 Å². The molecule has 0 aliphatic rings. The molecule has 1 aromatic rings. The van der Waals surface area contributed by atoms with E-state index in [0.717, 1.165) is 17.7 Å². The molecule has 0 bridgehead atoms. The van der Waals surface area contributed by atoms with E-state index in [1.807, 2.05) is 6.08 Å². The lowest BCUT2D eigenvalue weighted by Gasteiger charge is -2.04.